The van der Waals surface area contributed by atoms with E-state index < -0.39 is 66.2 Å². The summed E-state index contributed by atoms with van der Waals surface area (Å²) in [4.78, 5) is 74.3. The summed E-state index contributed by atoms with van der Waals surface area (Å²) in [6.07, 6.45) is 0.987. The van der Waals surface area contributed by atoms with Gasteiger partial charge in [0.05, 0.1) is 12.6 Å². The summed E-state index contributed by atoms with van der Waals surface area (Å²) < 4.78 is 0. The van der Waals surface area contributed by atoms with Crippen molar-refractivity contribution in [1.82, 2.24) is 26.2 Å². The maximum atomic E-state index is 12.8. The number of hydrogen-bond donors (Lipinski definition) is 6. The third-order valence-electron chi connectivity index (χ3n) is 5.72. The van der Waals surface area contributed by atoms with Gasteiger partial charge < -0.3 is 37.0 Å². The molecular weight excluding hydrogens is 460 g/mol. The molecule has 13 nitrogen and oxygen atoms in total. The van der Waals surface area contributed by atoms with Gasteiger partial charge >= 0.3 is 5.97 Å². The van der Waals surface area contributed by atoms with Crippen molar-refractivity contribution < 1.29 is 33.9 Å². The minimum atomic E-state index is -1.22. The zero-order valence-electron chi connectivity index (χ0n) is 20.9. The number of nitrogens with zero attached hydrogens (tertiary/aromatic N) is 1. The SMILES string of the molecule is CC(C)[C@H](N)C(=O)NCC(=O)N1CCC[C@H]1C(=O)N[C@@H](C)C(=O)N[C@H](C(=O)NCC(=O)O)C(C)C. The molecule has 4 atom stereocenters. The molecule has 0 saturated carbocycles. The molecule has 0 spiro atoms. The van der Waals surface area contributed by atoms with Crippen molar-refractivity contribution >= 4 is 35.5 Å². The molecule has 0 radical (unpaired) electrons. The fourth-order valence-electron chi connectivity index (χ4n) is 3.48. The van der Waals surface area contributed by atoms with Crippen LogP contribution in [0.1, 0.15) is 47.5 Å². The molecule has 5 amide bonds. The predicted octanol–water partition coefficient (Wildman–Crippen LogP) is -2.08. The van der Waals surface area contributed by atoms with Crippen LogP contribution in [-0.4, -0.2) is 89.3 Å². The van der Waals surface area contributed by atoms with Gasteiger partial charge in [-0.25, -0.2) is 0 Å². The topological polar surface area (TPSA) is 200 Å². The second-order valence-corrected chi connectivity index (χ2v) is 9.30. The van der Waals surface area contributed by atoms with Crippen LogP contribution in [0.25, 0.3) is 0 Å². The number of aliphatic carboxylic acids is 1. The zero-order chi connectivity index (χ0) is 26.9. The molecule has 0 aromatic heterocycles. The van der Waals surface area contributed by atoms with Crippen LogP contribution < -0.4 is 27.0 Å². The molecule has 1 rings (SSSR count). The van der Waals surface area contributed by atoms with E-state index in [9.17, 15) is 28.8 Å². The van der Waals surface area contributed by atoms with E-state index in [0.717, 1.165) is 0 Å². The van der Waals surface area contributed by atoms with Crippen LogP contribution in [0.2, 0.25) is 0 Å². The number of likely N-dealkylation sites (tertiary alicyclic amines) is 1. The van der Waals surface area contributed by atoms with Gasteiger partial charge in [0.15, 0.2) is 0 Å². The van der Waals surface area contributed by atoms with Gasteiger partial charge in [0.2, 0.25) is 29.5 Å². The fraction of sp³-hybridized carbons (Fsp3) is 0.727. The summed E-state index contributed by atoms with van der Waals surface area (Å²) in [6.45, 7) is 7.84. The fourth-order valence-corrected chi connectivity index (χ4v) is 3.48. The zero-order valence-corrected chi connectivity index (χ0v) is 20.9. The second-order valence-electron chi connectivity index (χ2n) is 9.30. The van der Waals surface area contributed by atoms with Gasteiger partial charge in [-0.15, -0.1) is 0 Å². The molecule has 1 fully saturated rings. The van der Waals surface area contributed by atoms with Gasteiger partial charge in [-0.2, -0.15) is 0 Å². The van der Waals surface area contributed by atoms with Crippen LogP contribution in [0, 0.1) is 11.8 Å². The Labute approximate surface area is 204 Å². The van der Waals surface area contributed by atoms with Crippen molar-refractivity contribution in [3.05, 3.63) is 0 Å². The Morgan fingerprint density at radius 3 is 2.03 bits per heavy atom. The Morgan fingerprint density at radius 2 is 1.49 bits per heavy atom. The standard InChI is InChI=1S/C22H38N6O7/c1-11(2)17(23)21(34)24-9-15(29)28-8-6-7-14(28)20(33)26-13(5)19(32)27-18(12(3)4)22(35)25-10-16(30)31/h11-14,17-18H,6-10,23H2,1-5H3,(H,24,34)(H,25,35)(H,26,33)(H,27,32)(H,30,31)/t13-,14-,17-,18-/m0/s1. The number of nitrogens with two attached hydrogens (primary N) is 1. The second kappa shape index (κ2) is 13.6. The molecule has 1 aliphatic heterocycles. The van der Waals surface area contributed by atoms with E-state index in [0.29, 0.717) is 19.4 Å². The molecule has 0 bridgehead atoms. The smallest absolute Gasteiger partial charge is 0.322 e. The number of rotatable bonds is 12. The van der Waals surface area contributed by atoms with E-state index in [1.165, 1.54) is 11.8 Å². The molecule has 0 aromatic rings. The highest BCUT2D eigenvalue weighted by Gasteiger charge is 2.36. The van der Waals surface area contributed by atoms with Crippen molar-refractivity contribution in [1.29, 1.82) is 0 Å². The summed E-state index contributed by atoms with van der Waals surface area (Å²) in [6, 6.07) is -3.56. The van der Waals surface area contributed by atoms with Gasteiger partial charge in [-0.3, -0.25) is 28.8 Å². The molecular formula is C22H38N6O7. The quantitative estimate of drug-likeness (QED) is 0.176. The van der Waals surface area contributed by atoms with Crippen molar-refractivity contribution in [2.24, 2.45) is 17.6 Å². The monoisotopic (exact) mass is 498 g/mol. The highest BCUT2D eigenvalue weighted by molar-refractivity contribution is 5.95. The Hall–Kier alpha value is -3.22. The highest BCUT2D eigenvalue weighted by Crippen LogP contribution is 2.17. The van der Waals surface area contributed by atoms with Gasteiger partial charge in [-0.1, -0.05) is 27.7 Å². The van der Waals surface area contributed by atoms with Crippen LogP contribution in [0.4, 0.5) is 0 Å². The molecule has 0 unspecified atom stereocenters. The first-order valence-corrected chi connectivity index (χ1v) is 11.7. The maximum Gasteiger partial charge on any atom is 0.322 e. The molecule has 35 heavy (non-hydrogen) atoms. The molecule has 13 heteroatoms. The largest absolute Gasteiger partial charge is 0.480 e. The highest BCUT2D eigenvalue weighted by atomic mass is 16.4. The lowest BCUT2D eigenvalue weighted by molar-refractivity contribution is -0.140. The molecule has 1 aliphatic rings. The first-order valence-electron chi connectivity index (χ1n) is 11.7. The van der Waals surface area contributed by atoms with E-state index in [1.54, 1.807) is 27.7 Å². The predicted molar refractivity (Wildman–Crippen MR) is 126 cm³/mol. The number of amides is 5. The van der Waals surface area contributed by atoms with Crippen molar-refractivity contribution in [3.63, 3.8) is 0 Å². The van der Waals surface area contributed by atoms with Gasteiger partial charge in [-0.05, 0) is 31.6 Å². The molecule has 7 N–H and O–H groups in total. The Kier molecular flexibility index (Phi) is 11.6. The first-order chi connectivity index (χ1) is 16.3. The van der Waals surface area contributed by atoms with Crippen LogP contribution in [-0.2, 0) is 28.8 Å². The summed E-state index contributed by atoms with van der Waals surface area (Å²) >= 11 is 0. The number of carboxylic acid groups (broad SMARTS) is 1. The molecule has 0 aromatic carbocycles. The molecule has 0 aliphatic carbocycles. The summed E-state index contributed by atoms with van der Waals surface area (Å²) in [5.41, 5.74) is 5.77. The van der Waals surface area contributed by atoms with E-state index in [4.69, 9.17) is 10.8 Å². The number of carbonyl (C=O) groups excluding carboxylic acids is 5. The summed E-state index contributed by atoms with van der Waals surface area (Å²) in [5.74, 6) is -4.34. The van der Waals surface area contributed by atoms with Gasteiger partial charge in [0.25, 0.3) is 0 Å². The average Bonchev–Trinajstić information content (AvgIpc) is 3.28. The first kappa shape index (κ1) is 29.8. The van der Waals surface area contributed by atoms with Crippen LogP contribution in [0.3, 0.4) is 0 Å². The molecule has 1 heterocycles. The van der Waals surface area contributed by atoms with Crippen LogP contribution in [0.15, 0.2) is 0 Å². The third kappa shape index (κ3) is 9.15. The van der Waals surface area contributed by atoms with E-state index in [1.807, 2.05) is 0 Å². The van der Waals surface area contributed by atoms with Crippen LogP contribution in [0.5, 0.6) is 0 Å². The van der Waals surface area contributed by atoms with Crippen molar-refractivity contribution in [2.45, 2.75) is 71.6 Å². The van der Waals surface area contributed by atoms with E-state index in [-0.39, 0.29) is 18.4 Å². The molecule has 198 valence electrons. The average molecular weight is 499 g/mol. The Bertz CT molecular complexity index is 816. The number of carbonyl (C=O) groups is 6. The minimum absolute atomic E-state index is 0.0958. The van der Waals surface area contributed by atoms with Gasteiger partial charge in [0.1, 0.15) is 24.7 Å². The number of nitrogens with one attached hydrogen (secondary N) is 4. The van der Waals surface area contributed by atoms with E-state index >= 15 is 0 Å². The van der Waals surface area contributed by atoms with Crippen molar-refractivity contribution in [2.75, 3.05) is 19.6 Å². The normalized spacial score (nSPS) is 17.9. The summed E-state index contributed by atoms with van der Waals surface area (Å²) in [5, 5.41) is 18.5. The molecule has 1 saturated heterocycles. The number of hydrogen-bond acceptors (Lipinski definition) is 7. The Morgan fingerprint density at radius 1 is 0.886 bits per heavy atom. The Balaban J connectivity index is 2.68. The van der Waals surface area contributed by atoms with Gasteiger partial charge in [0, 0.05) is 6.54 Å². The lowest BCUT2D eigenvalue weighted by Crippen LogP contribution is -2.57. The third-order valence-corrected chi connectivity index (χ3v) is 5.72. The maximum absolute atomic E-state index is 12.8. The lowest BCUT2D eigenvalue weighted by Gasteiger charge is -2.27. The number of carboxylic acids is 1. The summed E-state index contributed by atoms with van der Waals surface area (Å²) in [7, 11) is 0. The van der Waals surface area contributed by atoms with E-state index in [2.05, 4.69) is 21.3 Å². The lowest BCUT2D eigenvalue weighted by atomic mass is 10.0. The minimum Gasteiger partial charge on any atom is -0.480 e. The van der Waals surface area contributed by atoms with Crippen molar-refractivity contribution in [3.8, 4) is 0 Å². The van der Waals surface area contributed by atoms with Crippen LogP contribution >= 0.6 is 0 Å².